The van der Waals surface area contributed by atoms with Gasteiger partial charge in [0.25, 0.3) is 7.72 Å². The van der Waals surface area contributed by atoms with Crippen molar-refractivity contribution in [1.82, 2.24) is 10.6 Å². The number of rotatable bonds is 12. The summed E-state index contributed by atoms with van der Waals surface area (Å²) < 4.78 is 0. The monoisotopic (exact) mass is 496 g/mol. The number of nitrogens with two attached hydrogens (primary N) is 1. The Balaban J connectivity index is 1.83. The molecule has 0 radical (unpaired) electrons. The van der Waals surface area contributed by atoms with Crippen LogP contribution in [0.5, 0.6) is 5.75 Å². The van der Waals surface area contributed by atoms with Crippen molar-refractivity contribution in [3.63, 3.8) is 0 Å². The van der Waals surface area contributed by atoms with E-state index in [-0.39, 0.29) is 42.9 Å². The Hall–Kier alpha value is -2.06. The molecule has 0 heterocycles. The lowest BCUT2D eigenvalue weighted by atomic mass is 9.91. The van der Waals surface area contributed by atoms with Gasteiger partial charge in [0.2, 0.25) is 11.8 Å². The predicted octanol–water partition coefficient (Wildman–Crippen LogP) is 1.50. The van der Waals surface area contributed by atoms with Gasteiger partial charge in [-0.15, -0.1) is 0 Å². The van der Waals surface area contributed by atoms with Crippen LogP contribution in [0.25, 0.3) is 0 Å². The van der Waals surface area contributed by atoms with Gasteiger partial charge in [0.15, 0.2) is 11.9 Å². The van der Waals surface area contributed by atoms with Gasteiger partial charge in [0, 0.05) is 0 Å². The normalized spacial score (nSPS) is 16.6. The highest BCUT2D eigenvalue weighted by Crippen LogP contribution is 2.52. The maximum atomic E-state index is 12.7. The molecule has 1 aliphatic rings. The molecule has 2 amide bonds. The van der Waals surface area contributed by atoms with Crippen LogP contribution in [0.2, 0.25) is 0 Å². The molecule has 1 aromatic carbocycles. The quantitative estimate of drug-likeness (QED) is 0.239. The fourth-order valence-electron chi connectivity index (χ4n) is 4.26. The van der Waals surface area contributed by atoms with Crippen LogP contribution < -0.4 is 16.4 Å². The molecule has 9 nitrogen and oxygen atoms in total. The number of Topliss-reactive ketones (excluding diaryl/α,β-unsaturated/α-hetero) is 1. The summed E-state index contributed by atoms with van der Waals surface area (Å²) in [6.45, 7) is 3.20. The van der Waals surface area contributed by atoms with Crippen LogP contribution in [0.3, 0.4) is 0 Å². The fourth-order valence-corrected chi connectivity index (χ4v) is 6.25. The highest BCUT2D eigenvalue weighted by Gasteiger charge is 2.39. The van der Waals surface area contributed by atoms with E-state index in [2.05, 4.69) is 10.6 Å². The van der Waals surface area contributed by atoms with Gasteiger partial charge >= 0.3 is 0 Å². The van der Waals surface area contributed by atoms with Crippen LogP contribution in [-0.4, -0.2) is 63.4 Å². The summed E-state index contributed by atoms with van der Waals surface area (Å²) >= 11 is 0. The molecule has 0 aromatic heterocycles. The summed E-state index contributed by atoms with van der Waals surface area (Å²) in [5.41, 5.74) is 6.76. The molecular formula is C24H39N3O6P+. The average Bonchev–Trinajstić information content (AvgIpc) is 2.77. The molecule has 1 fully saturated rings. The predicted molar refractivity (Wildman–Crippen MR) is 132 cm³/mol. The molecular weight excluding hydrogens is 457 g/mol. The fraction of sp³-hybridized carbons (Fsp3) is 0.625. The second kappa shape index (κ2) is 13.1. The first kappa shape index (κ1) is 28.2. The molecule has 0 aliphatic heterocycles. The SMILES string of the molecule is CC(C)[C@H](NC(=O)[C@@H](N)Cc1ccc(O)cc1)C(=O)NCC(=O)C[P+](O)(O)CC1CCCCC1. The summed E-state index contributed by atoms with van der Waals surface area (Å²) in [5.74, 6) is -1.37. The summed E-state index contributed by atoms with van der Waals surface area (Å²) in [4.78, 5) is 58.3. The number of carbonyl (C=O) groups excluding carboxylic acids is 3. The number of carbonyl (C=O) groups is 3. The first-order valence-corrected chi connectivity index (χ1v) is 14.0. The minimum absolute atomic E-state index is 0.114. The smallest absolute Gasteiger partial charge is 0.275 e. The average molecular weight is 497 g/mol. The zero-order valence-corrected chi connectivity index (χ0v) is 21.0. The molecule has 2 atom stereocenters. The van der Waals surface area contributed by atoms with Gasteiger partial charge in [-0.2, -0.15) is 0 Å². The van der Waals surface area contributed by atoms with E-state index < -0.39 is 37.4 Å². The van der Waals surface area contributed by atoms with Gasteiger partial charge in [0.1, 0.15) is 18.0 Å². The molecule has 10 heteroatoms. The lowest BCUT2D eigenvalue weighted by molar-refractivity contribution is -0.131. The second-order valence-electron chi connectivity index (χ2n) is 9.69. The molecule has 34 heavy (non-hydrogen) atoms. The maximum absolute atomic E-state index is 12.7. The largest absolute Gasteiger partial charge is 0.508 e. The van der Waals surface area contributed by atoms with E-state index in [1.54, 1.807) is 26.0 Å². The maximum Gasteiger partial charge on any atom is 0.275 e. The minimum atomic E-state index is -3.34. The number of ketones is 1. The molecule has 0 saturated heterocycles. The molecule has 0 unspecified atom stereocenters. The van der Waals surface area contributed by atoms with E-state index in [0.717, 1.165) is 31.2 Å². The van der Waals surface area contributed by atoms with E-state index in [9.17, 15) is 29.3 Å². The van der Waals surface area contributed by atoms with Gasteiger partial charge in [-0.1, -0.05) is 45.2 Å². The summed E-state index contributed by atoms with van der Waals surface area (Å²) in [6.07, 6.45) is 5.38. The number of phenols is 1. The van der Waals surface area contributed by atoms with E-state index >= 15 is 0 Å². The van der Waals surface area contributed by atoms with Crippen LogP contribution in [0.1, 0.15) is 51.5 Å². The van der Waals surface area contributed by atoms with Crippen molar-refractivity contribution in [3.8, 4) is 5.75 Å². The van der Waals surface area contributed by atoms with E-state index in [4.69, 9.17) is 5.73 Å². The number of phenolic OH excluding ortho intramolecular Hbond substituents is 1. The highest BCUT2D eigenvalue weighted by atomic mass is 31.2. The molecule has 0 spiro atoms. The zero-order chi connectivity index (χ0) is 25.3. The third-order valence-corrected chi connectivity index (χ3v) is 8.10. The Kier molecular flexibility index (Phi) is 10.9. The van der Waals surface area contributed by atoms with Crippen molar-refractivity contribution < 1.29 is 29.3 Å². The third-order valence-electron chi connectivity index (χ3n) is 6.14. The van der Waals surface area contributed by atoms with E-state index in [1.807, 2.05) is 0 Å². The molecule has 190 valence electrons. The topological polar surface area (TPSA) is 162 Å². The number of hydrogen-bond acceptors (Lipinski definition) is 7. The number of amides is 2. The number of aromatic hydroxyl groups is 1. The minimum Gasteiger partial charge on any atom is -0.508 e. The molecule has 2 rings (SSSR count). The lowest BCUT2D eigenvalue weighted by Gasteiger charge is -2.24. The Bertz CT molecular complexity index is 825. The second-order valence-corrected chi connectivity index (χ2v) is 12.1. The van der Waals surface area contributed by atoms with Crippen LogP contribution >= 0.6 is 7.72 Å². The third kappa shape index (κ3) is 9.66. The van der Waals surface area contributed by atoms with Crippen LogP contribution in [0, 0.1) is 11.8 Å². The molecule has 1 aliphatic carbocycles. The van der Waals surface area contributed by atoms with E-state index in [0.29, 0.717) is 0 Å². The van der Waals surface area contributed by atoms with Crippen molar-refractivity contribution in [1.29, 1.82) is 0 Å². The molecule has 1 saturated carbocycles. The number of nitrogens with one attached hydrogen (secondary N) is 2. The standard InChI is InChI=1S/C24H38N3O6P/c1-16(2)22(27-23(30)21(25)12-17-8-10-19(28)11-9-17)24(31)26-13-20(29)15-34(32,33)14-18-6-4-3-5-7-18/h8-11,16,18,21-22,32-33H,3-7,12-15,25H2,1-2H3,(H2-,26,27,28,30,31)/p+1/t21-,22-/m0/s1. The summed E-state index contributed by atoms with van der Waals surface area (Å²) in [5, 5.41) is 14.5. The van der Waals surface area contributed by atoms with Crippen molar-refractivity contribution >= 4 is 25.3 Å². The van der Waals surface area contributed by atoms with Gasteiger partial charge in [-0.05, 0) is 48.8 Å². The van der Waals surface area contributed by atoms with E-state index in [1.165, 1.54) is 18.6 Å². The first-order valence-electron chi connectivity index (χ1n) is 11.9. The van der Waals surface area contributed by atoms with Crippen molar-refractivity contribution in [3.05, 3.63) is 29.8 Å². The highest BCUT2D eigenvalue weighted by molar-refractivity contribution is 7.65. The van der Waals surface area contributed by atoms with Crippen molar-refractivity contribution in [2.75, 3.05) is 18.9 Å². The molecule has 1 aromatic rings. The van der Waals surface area contributed by atoms with Crippen LogP contribution in [0.4, 0.5) is 0 Å². The van der Waals surface area contributed by atoms with Crippen LogP contribution in [0.15, 0.2) is 24.3 Å². The first-order chi connectivity index (χ1) is 16.0. The van der Waals surface area contributed by atoms with Gasteiger partial charge in [-0.25, -0.2) is 9.79 Å². The van der Waals surface area contributed by atoms with Crippen LogP contribution in [-0.2, 0) is 20.8 Å². The summed E-state index contributed by atoms with van der Waals surface area (Å²) in [7, 11) is -3.34. The Morgan fingerprint density at radius 2 is 1.68 bits per heavy atom. The van der Waals surface area contributed by atoms with Gasteiger partial charge in [-0.3, -0.25) is 14.4 Å². The van der Waals surface area contributed by atoms with Gasteiger partial charge in [0.05, 0.1) is 12.6 Å². The van der Waals surface area contributed by atoms with Crippen molar-refractivity contribution in [2.45, 2.75) is 64.5 Å². The Morgan fingerprint density at radius 1 is 1.06 bits per heavy atom. The lowest BCUT2D eigenvalue weighted by Crippen LogP contribution is -2.54. The van der Waals surface area contributed by atoms with Crippen molar-refractivity contribution in [2.24, 2.45) is 17.6 Å². The molecule has 7 N–H and O–H groups in total. The van der Waals surface area contributed by atoms with Gasteiger partial charge < -0.3 is 21.5 Å². The zero-order valence-electron chi connectivity index (χ0n) is 20.1. The molecule has 0 bridgehead atoms. The summed E-state index contributed by atoms with van der Waals surface area (Å²) in [6, 6.07) is 4.56. The number of benzene rings is 1. The number of hydrogen-bond donors (Lipinski definition) is 6. The Morgan fingerprint density at radius 3 is 2.26 bits per heavy atom. The Labute approximate surface area is 202 Å².